The topological polar surface area (TPSA) is 50.2 Å². The first-order chi connectivity index (χ1) is 6.74. The van der Waals surface area contributed by atoms with Crippen molar-refractivity contribution in [3.8, 4) is 0 Å². The van der Waals surface area contributed by atoms with Gasteiger partial charge in [-0.1, -0.05) is 13.3 Å². The molecule has 0 amide bonds. The summed E-state index contributed by atoms with van der Waals surface area (Å²) in [5.74, 6) is -0.742. The Bertz CT molecular complexity index is 289. The molecule has 76 valence electrons. The largest absolute Gasteiger partial charge is 0.480 e. The van der Waals surface area contributed by atoms with Crippen LogP contribution in [-0.2, 0) is 4.79 Å². The molecule has 0 aliphatic rings. The van der Waals surface area contributed by atoms with E-state index < -0.39 is 5.97 Å². The SMILES string of the molecule is CCCC(Sc1ccncc1)C(=O)O. The maximum Gasteiger partial charge on any atom is 0.316 e. The average molecular weight is 211 g/mol. The zero-order valence-electron chi connectivity index (χ0n) is 8.01. The fraction of sp³-hybridized carbons (Fsp3) is 0.400. The van der Waals surface area contributed by atoms with E-state index in [-0.39, 0.29) is 5.25 Å². The molecule has 1 atom stereocenters. The number of aliphatic carboxylic acids is 1. The van der Waals surface area contributed by atoms with E-state index in [2.05, 4.69) is 4.98 Å². The molecule has 4 heteroatoms. The summed E-state index contributed by atoms with van der Waals surface area (Å²) in [5, 5.41) is 8.58. The first-order valence-electron chi connectivity index (χ1n) is 4.53. The summed E-state index contributed by atoms with van der Waals surface area (Å²) in [5.41, 5.74) is 0. The minimum absolute atomic E-state index is 0.345. The van der Waals surface area contributed by atoms with Crippen LogP contribution in [0.1, 0.15) is 19.8 Å². The lowest BCUT2D eigenvalue weighted by Gasteiger charge is -2.09. The molecule has 1 aromatic heterocycles. The molecule has 0 fully saturated rings. The van der Waals surface area contributed by atoms with Crippen LogP contribution in [0.4, 0.5) is 0 Å². The van der Waals surface area contributed by atoms with Gasteiger partial charge in [-0.2, -0.15) is 0 Å². The van der Waals surface area contributed by atoms with Gasteiger partial charge in [-0.3, -0.25) is 9.78 Å². The molecule has 1 unspecified atom stereocenters. The first kappa shape index (κ1) is 11.0. The van der Waals surface area contributed by atoms with Crippen LogP contribution in [0.15, 0.2) is 29.4 Å². The summed E-state index contributed by atoms with van der Waals surface area (Å²) in [6.45, 7) is 1.99. The summed E-state index contributed by atoms with van der Waals surface area (Å²) in [6, 6.07) is 3.66. The van der Waals surface area contributed by atoms with Gasteiger partial charge in [0.2, 0.25) is 0 Å². The number of rotatable bonds is 5. The smallest absolute Gasteiger partial charge is 0.316 e. The predicted octanol–water partition coefficient (Wildman–Crippen LogP) is 2.43. The summed E-state index contributed by atoms with van der Waals surface area (Å²) >= 11 is 1.38. The van der Waals surface area contributed by atoms with Gasteiger partial charge in [-0.05, 0) is 18.6 Å². The number of thioether (sulfide) groups is 1. The van der Waals surface area contributed by atoms with Gasteiger partial charge in [0.05, 0.1) is 0 Å². The third kappa shape index (κ3) is 3.38. The van der Waals surface area contributed by atoms with Gasteiger partial charge in [-0.25, -0.2) is 0 Å². The lowest BCUT2D eigenvalue weighted by molar-refractivity contribution is -0.136. The molecule has 0 radical (unpaired) electrons. The lowest BCUT2D eigenvalue weighted by atomic mass is 10.2. The van der Waals surface area contributed by atoms with Crippen LogP contribution in [0.2, 0.25) is 0 Å². The molecule has 0 aliphatic carbocycles. The van der Waals surface area contributed by atoms with Crippen LogP contribution < -0.4 is 0 Å². The fourth-order valence-electron chi connectivity index (χ4n) is 1.08. The van der Waals surface area contributed by atoms with E-state index in [9.17, 15) is 4.79 Å². The number of pyridine rings is 1. The number of nitrogens with zero attached hydrogens (tertiary/aromatic N) is 1. The summed E-state index contributed by atoms with van der Waals surface area (Å²) < 4.78 is 0. The minimum atomic E-state index is -0.742. The average Bonchev–Trinajstić information content (AvgIpc) is 2.18. The van der Waals surface area contributed by atoms with Crippen molar-refractivity contribution in [2.75, 3.05) is 0 Å². The number of hydrogen-bond donors (Lipinski definition) is 1. The summed E-state index contributed by atoms with van der Waals surface area (Å²) in [7, 11) is 0. The Morgan fingerprint density at radius 3 is 2.71 bits per heavy atom. The minimum Gasteiger partial charge on any atom is -0.480 e. The molecular weight excluding hydrogens is 198 g/mol. The predicted molar refractivity (Wildman–Crippen MR) is 56.4 cm³/mol. The van der Waals surface area contributed by atoms with Crippen LogP contribution in [0, 0.1) is 0 Å². The van der Waals surface area contributed by atoms with Crippen molar-refractivity contribution < 1.29 is 9.90 Å². The standard InChI is InChI=1S/C10H13NO2S/c1-2-3-9(10(12)13)14-8-4-6-11-7-5-8/h4-7,9H,2-3H2,1H3,(H,12,13). The highest BCUT2D eigenvalue weighted by molar-refractivity contribution is 8.00. The fourth-order valence-corrected chi connectivity index (χ4v) is 2.14. The Balaban J connectivity index is 2.60. The van der Waals surface area contributed by atoms with Gasteiger partial charge in [0.25, 0.3) is 0 Å². The Morgan fingerprint density at radius 1 is 1.57 bits per heavy atom. The molecule has 0 aliphatic heterocycles. The van der Waals surface area contributed by atoms with Gasteiger partial charge in [0.1, 0.15) is 5.25 Å². The van der Waals surface area contributed by atoms with Crippen molar-refractivity contribution in [2.45, 2.75) is 29.9 Å². The summed E-state index contributed by atoms with van der Waals surface area (Å²) in [4.78, 5) is 15.7. The van der Waals surface area contributed by atoms with Crippen molar-refractivity contribution in [3.05, 3.63) is 24.5 Å². The zero-order valence-corrected chi connectivity index (χ0v) is 8.83. The van der Waals surface area contributed by atoms with Crippen molar-refractivity contribution in [2.24, 2.45) is 0 Å². The quantitative estimate of drug-likeness (QED) is 0.760. The van der Waals surface area contributed by atoms with Crippen molar-refractivity contribution in [1.29, 1.82) is 0 Å². The van der Waals surface area contributed by atoms with E-state index in [1.165, 1.54) is 11.8 Å². The number of carboxylic acid groups (broad SMARTS) is 1. The molecule has 1 rings (SSSR count). The van der Waals surface area contributed by atoms with E-state index in [0.717, 1.165) is 11.3 Å². The summed E-state index contributed by atoms with van der Waals surface area (Å²) in [6.07, 6.45) is 4.93. The van der Waals surface area contributed by atoms with E-state index in [0.29, 0.717) is 6.42 Å². The normalized spacial score (nSPS) is 12.4. The first-order valence-corrected chi connectivity index (χ1v) is 5.41. The molecule has 1 N–H and O–H groups in total. The molecule has 0 saturated heterocycles. The van der Waals surface area contributed by atoms with E-state index in [1.807, 2.05) is 19.1 Å². The second-order valence-corrected chi connectivity index (χ2v) is 4.19. The van der Waals surface area contributed by atoms with E-state index in [1.54, 1.807) is 12.4 Å². The Labute approximate surface area is 87.6 Å². The number of carboxylic acids is 1. The zero-order chi connectivity index (χ0) is 10.4. The second kappa shape index (κ2) is 5.65. The highest BCUT2D eigenvalue weighted by Crippen LogP contribution is 2.25. The van der Waals surface area contributed by atoms with Gasteiger partial charge in [0, 0.05) is 17.3 Å². The molecule has 1 heterocycles. The maximum absolute atomic E-state index is 10.9. The molecule has 1 aromatic rings. The molecule has 0 saturated carbocycles. The Morgan fingerprint density at radius 2 is 2.21 bits per heavy atom. The molecule has 0 aromatic carbocycles. The highest BCUT2D eigenvalue weighted by atomic mass is 32.2. The van der Waals surface area contributed by atoms with Gasteiger partial charge in [-0.15, -0.1) is 11.8 Å². The molecule has 0 bridgehead atoms. The monoisotopic (exact) mass is 211 g/mol. The molecular formula is C10H13NO2S. The van der Waals surface area contributed by atoms with Crippen LogP contribution in [0.5, 0.6) is 0 Å². The Hall–Kier alpha value is -1.03. The van der Waals surface area contributed by atoms with Gasteiger partial charge in [0.15, 0.2) is 0 Å². The number of carbonyl (C=O) groups is 1. The van der Waals surface area contributed by atoms with Crippen molar-refractivity contribution in [1.82, 2.24) is 4.98 Å². The van der Waals surface area contributed by atoms with Crippen molar-refractivity contribution in [3.63, 3.8) is 0 Å². The third-order valence-electron chi connectivity index (χ3n) is 1.75. The molecule has 0 spiro atoms. The van der Waals surface area contributed by atoms with Gasteiger partial charge >= 0.3 is 5.97 Å². The molecule has 3 nitrogen and oxygen atoms in total. The maximum atomic E-state index is 10.9. The molecule has 14 heavy (non-hydrogen) atoms. The van der Waals surface area contributed by atoms with Crippen molar-refractivity contribution >= 4 is 17.7 Å². The number of aromatic nitrogens is 1. The third-order valence-corrected chi connectivity index (χ3v) is 3.02. The van der Waals surface area contributed by atoms with Crippen LogP contribution >= 0.6 is 11.8 Å². The van der Waals surface area contributed by atoms with Crippen LogP contribution in [0.25, 0.3) is 0 Å². The Kier molecular flexibility index (Phi) is 4.46. The lowest BCUT2D eigenvalue weighted by Crippen LogP contribution is -2.15. The highest BCUT2D eigenvalue weighted by Gasteiger charge is 2.17. The van der Waals surface area contributed by atoms with E-state index >= 15 is 0 Å². The van der Waals surface area contributed by atoms with Crippen LogP contribution in [0.3, 0.4) is 0 Å². The number of hydrogen-bond acceptors (Lipinski definition) is 3. The van der Waals surface area contributed by atoms with Gasteiger partial charge < -0.3 is 5.11 Å². The van der Waals surface area contributed by atoms with Crippen LogP contribution in [-0.4, -0.2) is 21.3 Å². The van der Waals surface area contributed by atoms with E-state index in [4.69, 9.17) is 5.11 Å². The second-order valence-electron chi connectivity index (χ2n) is 2.92.